The molecule has 3 nitrogen and oxygen atoms in total. The number of hydrogen-bond donors (Lipinski definition) is 0. The third-order valence-electron chi connectivity index (χ3n) is 4.30. The highest BCUT2D eigenvalue weighted by Gasteiger charge is 2.10. The second-order valence-corrected chi connectivity index (χ2v) is 5.99. The molecule has 4 rings (SSSR count). The molecular formula is C23H16N2O. The number of fused-ring (bicyclic) bond motifs is 1. The standard InChI is InChI=1S/C23H16N2O/c24-14-20-15-25-23(26-16-17-7-3-1-4-8-17)21-12-11-19(13-22(20)21)18-9-5-2-6-10-18/h1-13,15H,16H2. The second kappa shape index (κ2) is 7.08. The summed E-state index contributed by atoms with van der Waals surface area (Å²) in [7, 11) is 0. The summed E-state index contributed by atoms with van der Waals surface area (Å²) in [6.07, 6.45) is 1.58. The van der Waals surface area contributed by atoms with Crippen LogP contribution >= 0.6 is 0 Å². The molecule has 0 fully saturated rings. The lowest BCUT2D eigenvalue weighted by atomic mass is 10.00. The van der Waals surface area contributed by atoms with Gasteiger partial charge >= 0.3 is 0 Å². The zero-order chi connectivity index (χ0) is 17.8. The molecule has 0 atom stereocenters. The molecule has 0 aliphatic rings. The number of ether oxygens (including phenoxy) is 1. The molecule has 0 saturated carbocycles. The minimum absolute atomic E-state index is 0.440. The molecule has 0 aliphatic heterocycles. The molecule has 0 radical (unpaired) electrons. The summed E-state index contributed by atoms with van der Waals surface area (Å²) in [5.74, 6) is 0.544. The van der Waals surface area contributed by atoms with Crippen molar-refractivity contribution >= 4 is 10.8 Å². The summed E-state index contributed by atoms with van der Waals surface area (Å²) in [6, 6.07) is 28.4. The predicted octanol–water partition coefficient (Wildman–Crippen LogP) is 5.35. The third-order valence-corrected chi connectivity index (χ3v) is 4.30. The van der Waals surface area contributed by atoms with Crippen LogP contribution in [-0.4, -0.2) is 4.98 Å². The third kappa shape index (κ3) is 3.13. The van der Waals surface area contributed by atoms with Crippen LogP contribution in [0.15, 0.2) is 85.1 Å². The van der Waals surface area contributed by atoms with E-state index in [9.17, 15) is 5.26 Å². The van der Waals surface area contributed by atoms with Crippen molar-refractivity contribution in [1.82, 2.24) is 4.98 Å². The van der Waals surface area contributed by atoms with Crippen LogP contribution in [0.25, 0.3) is 21.9 Å². The minimum Gasteiger partial charge on any atom is -0.472 e. The molecule has 124 valence electrons. The van der Waals surface area contributed by atoms with E-state index < -0.39 is 0 Å². The number of pyridine rings is 1. The maximum absolute atomic E-state index is 9.47. The first-order valence-electron chi connectivity index (χ1n) is 8.40. The van der Waals surface area contributed by atoms with Gasteiger partial charge in [0, 0.05) is 17.0 Å². The Hall–Kier alpha value is -3.64. The molecule has 3 aromatic carbocycles. The van der Waals surface area contributed by atoms with Crippen molar-refractivity contribution in [2.24, 2.45) is 0 Å². The molecule has 0 saturated heterocycles. The Morgan fingerprint density at radius 1 is 0.808 bits per heavy atom. The maximum Gasteiger partial charge on any atom is 0.221 e. The molecule has 26 heavy (non-hydrogen) atoms. The van der Waals surface area contributed by atoms with E-state index in [2.05, 4.69) is 23.2 Å². The summed E-state index contributed by atoms with van der Waals surface area (Å²) >= 11 is 0. The van der Waals surface area contributed by atoms with E-state index in [0.29, 0.717) is 18.1 Å². The number of nitriles is 1. The zero-order valence-corrected chi connectivity index (χ0v) is 14.1. The van der Waals surface area contributed by atoms with Gasteiger partial charge < -0.3 is 4.74 Å². The van der Waals surface area contributed by atoms with Crippen LogP contribution in [0.3, 0.4) is 0 Å². The highest BCUT2D eigenvalue weighted by Crippen LogP contribution is 2.31. The van der Waals surface area contributed by atoms with Gasteiger partial charge in [-0.05, 0) is 28.8 Å². The van der Waals surface area contributed by atoms with E-state index in [0.717, 1.165) is 27.5 Å². The van der Waals surface area contributed by atoms with Crippen molar-refractivity contribution in [1.29, 1.82) is 5.26 Å². The SMILES string of the molecule is N#Cc1cnc(OCc2ccccc2)c2ccc(-c3ccccc3)cc12. The molecule has 3 heteroatoms. The Morgan fingerprint density at radius 3 is 2.27 bits per heavy atom. The van der Waals surface area contributed by atoms with Crippen molar-refractivity contribution in [3.05, 3.63) is 96.2 Å². The normalized spacial score (nSPS) is 10.4. The van der Waals surface area contributed by atoms with Gasteiger partial charge in [-0.2, -0.15) is 5.26 Å². The Bertz CT molecular complexity index is 1080. The fourth-order valence-electron chi connectivity index (χ4n) is 2.96. The van der Waals surface area contributed by atoms with Gasteiger partial charge in [0.05, 0.1) is 5.56 Å². The summed E-state index contributed by atoms with van der Waals surface area (Å²) < 4.78 is 5.93. The molecule has 1 heterocycles. The van der Waals surface area contributed by atoms with Gasteiger partial charge in [0.25, 0.3) is 0 Å². The topological polar surface area (TPSA) is 45.9 Å². The largest absolute Gasteiger partial charge is 0.472 e. The average molecular weight is 336 g/mol. The van der Waals surface area contributed by atoms with Crippen molar-refractivity contribution < 1.29 is 4.74 Å². The molecule has 1 aromatic heterocycles. The second-order valence-electron chi connectivity index (χ2n) is 5.99. The number of rotatable bonds is 4. The van der Waals surface area contributed by atoms with E-state index in [1.807, 2.05) is 66.7 Å². The van der Waals surface area contributed by atoms with E-state index >= 15 is 0 Å². The molecule has 0 N–H and O–H groups in total. The lowest BCUT2D eigenvalue weighted by Gasteiger charge is -2.11. The summed E-state index contributed by atoms with van der Waals surface area (Å²) in [5.41, 5.74) is 3.80. The Balaban J connectivity index is 1.75. The molecule has 0 spiro atoms. The van der Waals surface area contributed by atoms with Gasteiger partial charge in [-0.1, -0.05) is 66.7 Å². The van der Waals surface area contributed by atoms with Crippen LogP contribution in [-0.2, 0) is 6.61 Å². The van der Waals surface area contributed by atoms with Crippen LogP contribution in [0.5, 0.6) is 5.88 Å². The molecule has 0 bridgehead atoms. The van der Waals surface area contributed by atoms with Gasteiger partial charge in [-0.25, -0.2) is 4.98 Å². The highest BCUT2D eigenvalue weighted by atomic mass is 16.5. The number of benzene rings is 3. The summed E-state index contributed by atoms with van der Waals surface area (Å²) in [5, 5.41) is 11.2. The van der Waals surface area contributed by atoms with Gasteiger partial charge in [0.15, 0.2) is 0 Å². The minimum atomic E-state index is 0.440. The smallest absolute Gasteiger partial charge is 0.221 e. The van der Waals surface area contributed by atoms with E-state index in [1.54, 1.807) is 6.20 Å². The van der Waals surface area contributed by atoms with Crippen LogP contribution in [0.2, 0.25) is 0 Å². The van der Waals surface area contributed by atoms with Crippen molar-refractivity contribution in [3.63, 3.8) is 0 Å². The van der Waals surface area contributed by atoms with Crippen LogP contribution < -0.4 is 4.74 Å². The molecule has 4 aromatic rings. The van der Waals surface area contributed by atoms with E-state index in [1.165, 1.54) is 0 Å². The van der Waals surface area contributed by atoms with Crippen molar-refractivity contribution in [2.45, 2.75) is 6.61 Å². The van der Waals surface area contributed by atoms with Crippen LogP contribution in [0.4, 0.5) is 0 Å². The highest BCUT2D eigenvalue weighted by molar-refractivity contribution is 5.94. The lowest BCUT2D eigenvalue weighted by Crippen LogP contribution is -1.98. The Labute approximate surface area is 152 Å². The lowest BCUT2D eigenvalue weighted by molar-refractivity contribution is 0.298. The number of aromatic nitrogens is 1. The first-order chi connectivity index (χ1) is 12.8. The zero-order valence-electron chi connectivity index (χ0n) is 14.1. The van der Waals surface area contributed by atoms with E-state index in [4.69, 9.17) is 4.74 Å². The average Bonchev–Trinajstić information content (AvgIpc) is 2.73. The quantitative estimate of drug-likeness (QED) is 0.504. The molecule has 0 unspecified atom stereocenters. The summed E-state index contributed by atoms with van der Waals surface area (Å²) in [6.45, 7) is 0.440. The molecule has 0 amide bonds. The molecular weight excluding hydrogens is 320 g/mol. The van der Waals surface area contributed by atoms with Gasteiger partial charge in [-0.3, -0.25) is 0 Å². The van der Waals surface area contributed by atoms with Crippen molar-refractivity contribution in [3.8, 4) is 23.1 Å². The Morgan fingerprint density at radius 2 is 1.54 bits per heavy atom. The van der Waals surface area contributed by atoms with Gasteiger partial charge in [0.2, 0.25) is 5.88 Å². The van der Waals surface area contributed by atoms with Gasteiger partial charge in [-0.15, -0.1) is 0 Å². The van der Waals surface area contributed by atoms with E-state index in [-0.39, 0.29) is 0 Å². The fourth-order valence-corrected chi connectivity index (χ4v) is 2.96. The first kappa shape index (κ1) is 15.9. The Kier molecular flexibility index (Phi) is 4.32. The number of hydrogen-bond acceptors (Lipinski definition) is 3. The van der Waals surface area contributed by atoms with Gasteiger partial charge in [0.1, 0.15) is 12.7 Å². The first-order valence-corrected chi connectivity index (χ1v) is 8.40. The fraction of sp³-hybridized carbons (Fsp3) is 0.0435. The molecule has 0 aliphatic carbocycles. The predicted molar refractivity (Wildman–Crippen MR) is 103 cm³/mol. The van der Waals surface area contributed by atoms with Crippen LogP contribution in [0, 0.1) is 11.3 Å². The summed E-state index contributed by atoms with van der Waals surface area (Å²) in [4.78, 5) is 4.35. The van der Waals surface area contributed by atoms with Crippen LogP contribution in [0.1, 0.15) is 11.1 Å². The number of nitrogens with zero attached hydrogens (tertiary/aromatic N) is 2. The van der Waals surface area contributed by atoms with Crippen molar-refractivity contribution in [2.75, 3.05) is 0 Å². The maximum atomic E-state index is 9.47. The monoisotopic (exact) mass is 336 g/mol.